The number of hydrogen-bond acceptors (Lipinski definition) is 2. The molecule has 0 aliphatic carbocycles. The molecule has 0 amide bonds. The number of nitrogens with zero attached hydrogens (tertiary/aromatic N) is 1. The second-order valence-electron chi connectivity index (χ2n) is 4.33. The van der Waals surface area contributed by atoms with Crippen molar-refractivity contribution in [2.75, 3.05) is 0 Å². The Kier molecular flexibility index (Phi) is 3.90. The molecular weight excluding hydrogens is 285 g/mol. The SMILES string of the molecule is Cc1ccc(C(=O)O)c(=O)n1Cc1ccc(F)c(Cl)c1. The van der Waals surface area contributed by atoms with Crippen LogP contribution in [-0.4, -0.2) is 15.6 Å². The average Bonchev–Trinajstić information content (AvgIpc) is 2.38. The van der Waals surface area contributed by atoms with E-state index in [-0.39, 0.29) is 17.1 Å². The van der Waals surface area contributed by atoms with E-state index in [1.807, 2.05) is 0 Å². The van der Waals surface area contributed by atoms with Crippen LogP contribution in [0.1, 0.15) is 21.6 Å². The first-order valence-corrected chi connectivity index (χ1v) is 6.15. The minimum Gasteiger partial charge on any atom is -0.477 e. The first-order valence-electron chi connectivity index (χ1n) is 5.78. The number of aryl methyl sites for hydroxylation is 1. The van der Waals surface area contributed by atoms with E-state index in [1.165, 1.54) is 28.8 Å². The van der Waals surface area contributed by atoms with E-state index in [2.05, 4.69) is 0 Å². The van der Waals surface area contributed by atoms with Gasteiger partial charge in [-0.15, -0.1) is 0 Å². The fourth-order valence-corrected chi connectivity index (χ4v) is 2.05. The molecule has 0 saturated heterocycles. The Balaban J connectivity index is 2.48. The Bertz CT molecular complexity index is 740. The molecule has 0 aliphatic rings. The van der Waals surface area contributed by atoms with Crippen molar-refractivity contribution in [3.63, 3.8) is 0 Å². The maximum absolute atomic E-state index is 13.1. The Morgan fingerprint density at radius 3 is 2.65 bits per heavy atom. The van der Waals surface area contributed by atoms with Gasteiger partial charge in [-0.05, 0) is 36.8 Å². The molecule has 0 spiro atoms. The molecule has 104 valence electrons. The molecule has 0 unspecified atom stereocenters. The van der Waals surface area contributed by atoms with Crippen LogP contribution in [0.3, 0.4) is 0 Å². The van der Waals surface area contributed by atoms with E-state index in [1.54, 1.807) is 13.0 Å². The summed E-state index contributed by atoms with van der Waals surface area (Å²) in [6, 6.07) is 6.94. The van der Waals surface area contributed by atoms with Gasteiger partial charge >= 0.3 is 5.97 Å². The zero-order valence-electron chi connectivity index (χ0n) is 10.6. The van der Waals surface area contributed by atoms with E-state index in [4.69, 9.17) is 16.7 Å². The molecule has 0 saturated carbocycles. The quantitative estimate of drug-likeness (QED) is 0.947. The fraction of sp³-hybridized carbons (Fsp3) is 0.143. The maximum Gasteiger partial charge on any atom is 0.341 e. The summed E-state index contributed by atoms with van der Waals surface area (Å²) in [6.45, 7) is 1.82. The van der Waals surface area contributed by atoms with Crippen LogP contribution in [0.5, 0.6) is 0 Å². The molecule has 1 aromatic carbocycles. The normalized spacial score (nSPS) is 10.6. The van der Waals surface area contributed by atoms with E-state index < -0.39 is 17.3 Å². The predicted molar refractivity (Wildman–Crippen MR) is 72.9 cm³/mol. The van der Waals surface area contributed by atoms with Crippen molar-refractivity contribution < 1.29 is 14.3 Å². The summed E-state index contributed by atoms with van der Waals surface area (Å²) >= 11 is 5.68. The Hall–Kier alpha value is -2.14. The molecule has 6 heteroatoms. The molecule has 0 atom stereocenters. The standard InChI is InChI=1S/C14H11ClFNO3/c1-8-2-4-10(14(19)20)13(18)17(8)7-9-3-5-12(16)11(15)6-9/h2-6H,7H2,1H3,(H,19,20). The summed E-state index contributed by atoms with van der Waals surface area (Å²) in [5.41, 5.74) is 0.325. The van der Waals surface area contributed by atoms with Crippen LogP contribution in [0.4, 0.5) is 4.39 Å². The van der Waals surface area contributed by atoms with Gasteiger partial charge in [0.1, 0.15) is 11.4 Å². The molecule has 0 bridgehead atoms. The van der Waals surface area contributed by atoms with Crippen LogP contribution < -0.4 is 5.56 Å². The van der Waals surface area contributed by atoms with Crippen molar-refractivity contribution in [3.05, 3.63) is 68.3 Å². The van der Waals surface area contributed by atoms with Crippen LogP contribution in [0.15, 0.2) is 35.1 Å². The fourth-order valence-electron chi connectivity index (χ4n) is 1.85. The molecule has 0 radical (unpaired) electrons. The number of aromatic nitrogens is 1. The zero-order valence-corrected chi connectivity index (χ0v) is 11.3. The minimum atomic E-state index is -1.28. The highest BCUT2D eigenvalue weighted by atomic mass is 35.5. The van der Waals surface area contributed by atoms with Crippen molar-refractivity contribution in [2.45, 2.75) is 13.5 Å². The van der Waals surface area contributed by atoms with E-state index >= 15 is 0 Å². The van der Waals surface area contributed by atoms with Gasteiger partial charge in [0.15, 0.2) is 0 Å². The smallest absolute Gasteiger partial charge is 0.341 e. The summed E-state index contributed by atoms with van der Waals surface area (Å²) in [5, 5.41) is 8.90. The highest BCUT2D eigenvalue weighted by Crippen LogP contribution is 2.16. The monoisotopic (exact) mass is 295 g/mol. The van der Waals surface area contributed by atoms with Crippen LogP contribution >= 0.6 is 11.6 Å². The first kappa shape index (κ1) is 14.3. The Morgan fingerprint density at radius 1 is 1.35 bits per heavy atom. The van der Waals surface area contributed by atoms with Gasteiger partial charge < -0.3 is 9.67 Å². The summed E-state index contributed by atoms with van der Waals surface area (Å²) in [6.07, 6.45) is 0. The number of rotatable bonds is 3. The molecule has 1 aromatic heterocycles. The van der Waals surface area contributed by atoms with Crippen LogP contribution in [0, 0.1) is 12.7 Å². The number of benzene rings is 1. The summed E-state index contributed by atoms with van der Waals surface area (Å²) in [5.74, 6) is -1.82. The van der Waals surface area contributed by atoms with Crippen molar-refractivity contribution in [1.82, 2.24) is 4.57 Å². The Morgan fingerprint density at radius 2 is 2.05 bits per heavy atom. The van der Waals surface area contributed by atoms with E-state index in [0.717, 1.165) is 0 Å². The third-order valence-corrected chi connectivity index (χ3v) is 3.24. The molecule has 20 heavy (non-hydrogen) atoms. The highest BCUT2D eigenvalue weighted by molar-refractivity contribution is 6.30. The molecule has 0 fully saturated rings. The third kappa shape index (κ3) is 2.72. The highest BCUT2D eigenvalue weighted by Gasteiger charge is 2.13. The zero-order chi connectivity index (χ0) is 14.9. The first-order chi connectivity index (χ1) is 9.40. The van der Waals surface area contributed by atoms with Gasteiger partial charge in [0.25, 0.3) is 5.56 Å². The molecule has 0 aliphatic heterocycles. The second-order valence-corrected chi connectivity index (χ2v) is 4.74. The predicted octanol–water partition coefficient (Wildman–Crippen LogP) is 2.70. The van der Waals surface area contributed by atoms with Gasteiger partial charge in [0.2, 0.25) is 0 Å². The third-order valence-electron chi connectivity index (χ3n) is 2.95. The lowest BCUT2D eigenvalue weighted by Crippen LogP contribution is -2.28. The van der Waals surface area contributed by atoms with Gasteiger partial charge in [0, 0.05) is 5.69 Å². The summed E-state index contributed by atoms with van der Waals surface area (Å²) in [7, 11) is 0. The lowest BCUT2D eigenvalue weighted by Gasteiger charge is -2.11. The lowest BCUT2D eigenvalue weighted by atomic mass is 10.2. The number of carboxylic acid groups (broad SMARTS) is 1. The van der Waals surface area contributed by atoms with Crippen molar-refractivity contribution in [2.24, 2.45) is 0 Å². The Labute approximate surface area is 119 Å². The topological polar surface area (TPSA) is 59.3 Å². The van der Waals surface area contributed by atoms with Crippen molar-refractivity contribution >= 4 is 17.6 Å². The van der Waals surface area contributed by atoms with Gasteiger partial charge in [0.05, 0.1) is 11.6 Å². The average molecular weight is 296 g/mol. The second kappa shape index (κ2) is 5.46. The molecule has 2 rings (SSSR count). The number of carboxylic acids is 1. The van der Waals surface area contributed by atoms with Crippen LogP contribution in [0.2, 0.25) is 5.02 Å². The molecule has 4 nitrogen and oxygen atoms in total. The maximum atomic E-state index is 13.1. The van der Waals surface area contributed by atoms with Crippen molar-refractivity contribution in [3.8, 4) is 0 Å². The largest absolute Gasteiger partial charge is 0.477 e. The summed E-state index contributed by atoms with van der Waals surface area (Å²) in [4.78, 5) is 23.0. The number of hydrogen-bond donors (Lipinski definition) is 1. The van der Waals surface area contributed by atoms with E-state index in [9.17, 15) is 14.0 Å². The van der Waals surface area contributed by atoms with Crippen LogP contribution in [0.25, 0.3) is 0 Å². The van der Waals surface area contributed by atoms with Crippen molar-refractivity contribution in [1.29, 1.82) is 0 Å². The number of aromatic carboxylic acids is 1. The number of carbonyl (C=O) groups is 1. The molecule has 1 heterocycles. The molecular formula is C14H11ClFNO3. The minimum absolute atomic E-state index is 0.0393. The van der Waals surface area contributed by atoms with Gasteiger partial charge in [-0.1, -0.05) is 17.7 Å². The lowest BCUT2D eigenvalue weighted by molar-refractivity contribution is 0.0694. The van der Waals surface area contributed by atoms with Gasteiger partial charge in [-0.25, -0.2) is 9.18 Å². The van der Waals surface area contributed by atoms with Crippen LogP contribution in [-0.2, 0) is 6.54 Å². The van der Waals surface area contributed by atoms with E-state index in [0.29, 0.717) is 11.3 Å². The molecule has 2 aromatic rings. The number of halogens is 2. The number of pyridine rings is 1. The van der Waals surface area contributed by atoms with Gasteiger partial charge in [-0.2, -0.15) is 0 Å². The summed E-state index contributed by atoms with van der Waals surface area (Å²) < 4.78 is 14.4. The molecule has 1 N–H and O–H groups in total. The van der Waals surface area contributed by atoms with Gasteiger partial charge in [-0.3, -0.25) is 4.79 Å².